The first kappa shape index (κ1) is 21.0. The zero-order valence-corrected chi connectivity index (χ0v) is 16.5. The number of piperazine rings is 1. The van der Waals surface area contributed by atoms with E-state index in [1.165, 1.54) is 12.1 Å². The van der Waals surface area contributed by atoms with Gasteiger partial charge in [-0.25, -0.2) is 0 Å². The molecular weight excluding hydrogens is 381 g/mol. The number of carbonyl (C=O) groups is 1. The molecule has 156 valence electrons. The fourth-order valence-corrected chi connectivity index (χ4v) is 3.33. The fourth-order valence-electron chi connectivity index (χ4n) is 3.33. The molecule has 0 bridgehead atoms. The smallest absolute Gasteiger partial charge is 0.376 e. The molecule has 0 spiro atoms. The Hall–Kier alpha value is -2.74. The maximum absolute atomic E-state index is 12.8. The highest BCUT2D eigenvalue weighted by atomic mass is 19.4. The van der Waals surface area contributed by atoms with E-state index in [4.69, 9.17) is 0 Å². The minimum atomic E-state index is -4.41. The molecule has 1 heterocycles. The van der Waals surface area contributed by atoms with Crippen LogP contribution in [0.15, 0.2) is 42.5 Å². The third-order valence-corrected chi connectivity index (χ3v) is 4.97. The zero-order chi connectivity index (χ0) is 21.0. The molecule has 5 nitrogen and oxygen atoms in total. The molecule has 1 saturated heterocycles. The van der Waals surface area contributed by atoms with Gasteiger partial charge in [0.1, 0.15) is 0 Å². The second kappa shape index (κ2) is 8.73. The second-order valence-electron chi connectivity index (χ2n) is 7.27. The van der Waals surface area contributed by atoms with Crippen LogP contribution < -0.4 is 15.5 Å². The summed E-state index contributed by atoms with van der Waals surface area (Å²) in [6.45, 7) is 5.83. The van der Waals surface area contributed by atoms with Crippen LogP contribution in [0.2, 0.25) is 0 Å². The number of nitrogens with zero attached hydrogens (tertiary/aromatic N) is 2. The van der Waals surface area contributed by atoms with Gasteiger partial charge in [-0.3, -0.25) is 4.79 Å². The Morgan fingerprint density at radius 1 is 1.03 bits per heavy atom. The van der Waals surface area contributed by atoms with Crippen molar-refractivity contribution in [3.05, 3.63) is 53.6 Å². The molecule has 1 aliphatic rings. The van der Waals surface area contributed by atoms with Gasteiger partial charge in [0.25, 0.3) is 0 Å². The first-order chi connectivity index (χ1) is 13.7. The quantitative estimate of drug-likeness (QED) is 0.793. The van der Waals surface area contributed by atoms with Crippen LogP contribution in [0.3, 0.4) is 0 Å². The number of nitrogens with one attached hydrogen (secondary N) is 2. The summed E-state index contributed by atoms with van der Waals surface area (Å²) in [6.07, 6.45) is -4.41. The number of halogens is 3. The maximum Gasteiger partial charge on any atom is 0.416 e. The van der Waals surface area contributed by atoms with Crippen LogP contribution in [0.1, 0.15) is 11.1 Å². The summed E-state index contributed by atoms with van der Waals surface area (Å²) in [5.41, 5.74) is 2.38. The summed E-state index contributed by atoms with van der Waals surface area (Å²) in [4.78, 5) is 16.8. The van der Waals surface area contributed by atoms with Gasteiger partial charge in [0.05, 0.1) is 12.1 Å². The predicted octanol–water partition coefficient (Wildman–Crippen LogP) is 3.82. The van der Waals surface area contributed by atoms with E-state index in [-0.39, 0.29) is 18.1 Å². The van der Waals surface area contributed by atoms with E-state index in [2.05, 4.69) is 27.5 Å². The lowest BCUT2D eigenvalue weighted by molar-refractivity contribution is -0.137. The number of anilines is 3. The summed E-state index contributed by atoms with van der Waals surface area (Å²) in [5.74, 6) is -0.325. The van der Waals surface area contributed by atoms with E-state index in [1.54, 1.807) is 0 Å². The molecule has 1 amide bonds. The number of alkyl halides is 3. The third-order valence-electron chi connectivity index (χ3n) is 4.97. The summed E-state index contributed by atoms with van der Waals surface area (Å²) < 4.78 is 38.3. The number of rotatable bonds is 5. The SMILES string of the molecule is Cc1cc(NC(=O)CNc2cccc(C(F)(F)F)c2)ccc1N1CCN(C)CC1. The van der Waals surface area contributed by atoms with Crippen LogP contribution in [0.5, 0.6) is 0 Å². The first-order valence-electron chi connectivity index (χ1n) is 9.47. The van der Waals surface area contributed by atoms with Gasteiger partial charge >= 0.3 is 6.18 Å². The van der Waals surface area contributed by atoms with E-state index >= 15 is 0 Å². The molecule has 0 atom stereocenters. The van der Waals surface area contributed by atoms with Crippen LogP contribution in [0, 0.1) is 6.92 Å². The number of hydrogen-bond acceptors (Lipinski definition) is 4. The van der Waals surface area contributed by atoms with Crippen molar-refractivity contribution in [2.45, 2.75) is 13.1 Å². The molecule has 0 saturated carbocycles. The summed E-state index contributed by atoms with van der Waals surface area (Å²) >= 11 is 0. The highest BCUT2D eigenvalue weighted by Gasteiger charge is 2.30. The molecule has 8 heteroatoms. The highest BCUT2D eigenvalue weighted by Crippen LogP contribution is 2.30. The number of amides is 1. The Kier molecular flexibility index (Phi) is 6.32. The topological polar surface area (TPSA) is 47.6 Å². The summed E-state index contributed by atoms with van der Waals surface area (Å²) in [5, 5.41) is 5.52. The highest BCUT2D eigenvalue weighted by molar-refractivity contribution is 5.94. The monoisotopic (exact) mass is 406 g/mol. The van der Waals surface area contributed by atoms with Gasteiger partial charge in [0, 0.05) is 43.2 Å². The molecular formula is C21H25F3N4O. The molecule has 1 aliphatic heterocycles. The Balaban J connectivity index is 1.56. The lowest BCUT2D eigenvalue weighted by Crippen LogP contribution is -2.44. The fraction of sp³-hybridized carbons (Fsp3) is 0.381. The number of aryl methyl sites for hydroxylation is 1. The lowest BCUT2D eigenvalue weighted by Gasteiger charge is -2.35. The van der Waals surface area contributed by atoms with E-state index in [1.807, 2.05) is 25.1 Å². The lowest BCUT2D eigenvalue weighted by atomic mass is 10.1. The molecule has 0 radical (unpaired) electrons. The standard InChI is InChI=1S/C21H25F3N4O/c1-15-12-18(6-7-19(15)28-10-8-27(2)9-11-28)26-20(29)14-25-17-5-3-4-16(13-17)21(22,23)24/h3-7,12-13,25H,8-11,14H2,1-2H3,(H,26,29). The molecule has 2 aromatic carbocycles. The van der Waals surface area contributed by atoms with Crippen molar-refractivity contribution in [1.29, 1.82) is 0 Å². The molecule has 0 aromatic heterocycles. The van der Waals surface area contributed by atoms with Gasteiger partial charge in [0.2, 0.25) is 5.91 Å². The van der Waals surface area contributed by atoms with Gasteiger partial charge in [0.15, 0.2) is 0 Å². The van der Waals surface area contributed by atoms with Crippen LogP contribution in [0.25, 0.3) is 0 Å². The van der Waals surface area contributed by atoms with Crippen molar-refractivity contribution in [3.8, 4) is 0 Å². The molecule has 29 heavy (non-hydrogen) atoms. The van der Waals surface area contributed by atoms with E-state index in [9.17, 15) is 18.0 Å². The number of likely N-dealkylation sites (N-methyl/N-ethyl adjacent to an activating group) is 1. The number of benzene rings is 2. The van der Waals surface area contributed by atoms with Gasteiger partial charge < -0.3 is 20.4 Å². The van der Waals surface area contributed by atoms with E-state index in [0.717, 1.165) is 49.6 Å². The summed E-state index contributed by atoms with van der Waals surface area (Å²) in [7, 11) is 2.11. The summed E-state index contributed by atoms with van der Waals surface area (Å²) in [6, 6.07) is 10.5. The molecule has 2 aromatic rings. The van der Waals surface area contributed by atoms with Gasteiger partial charge in [-0.1, -0.05) is 6.07 Å². The zero-order valence-electron chi connectivity index (χ0n) is 16.5. The Morgan fingerprint density at radius 2 is 1.76 bits per heavy atom. The van der Waals surface area contributed by atoms with Crippen molar-refractivity contribution in [2.24, 2.45) is 0 Å². The Bertz CT molecular complexity index is 861. The molecule has 1 fully saturated rings. The second-order valence-corrected chi connectivity index (χ2v) is 7.27. The average Bonchev–Trinajstić information content (AvgIpc) is 2.67. The molecule has 0 aliphatic carbocycles. The van der Waals surface area contributed by atoms with Crippen molar-refractivity contribution in [2.75, 3.05) is 55.3 Å². The predicted molar refractivity (Wildman–Crippen MR) is 109 cm³/mol. The molecule has 0 unspecified atom stereocenters. The van der Waals surface area contributed by atoms with Crippen molar-refractivity contribution in [3.63, 3.8) is 0 Å². The third kappa shape index (κ3) is 5.63. The van der Waals surface area contributed by atoms with Crippen molar-refractivity contribution < 1.29 is 18.0 Å². The normalized spacial score (nSPS) is 15.3. The van der Waals surface area contributed by atoms with E-state index in [0.29, 0.717) is 5.69 Å². The number of hydrogen-bond donors (Lipinski definition) is 2. The van der Waals surface area contributed by atoms with E-state index < -0.39 is 11.7 Å². The first-order valence-corrected chi connectivity index (χ1v) is 9.47. The number of carbonyl (C=O) groups excluding carboxylic acids is 1. The van der Waals surface area contributed by atoms with Crippen molar-refractivity contribution in [1.82, 2.24) is 4.90 Å². The van der Waals surface area contributed by atoms with Crippen LogP contribution in [0.4, 0.5) is 30.2 Å². The van der Waals surface area contributed by atoms with Gasteiger partial charge in [-0.05, 0) is 55.9 Å². The van der Waals surface area contributed by atoms with Crippen LogP contribution >= 0.6 is 0 Å². The van der Waals surface area contributed by atoms with Crippen LogP contribution in [-0.2, 0) is 11.0 Å². The Labute approximate surface area is 168 Å². The minimum absolute atomic E-state index is 0.124. The molecule has 3 rings (SSSR count). The average molecular weight is 406 g/mol. The van der Waals surface area contributed by atoms with Gasteiger partial charge in [-0.2, -0.15) is 13.2 Å². The minimum Gasteiger partial charge on any atom is -0.376 e. The van der Waals surface area contributed by atoms with Gasteiger partial charge in [-0.15, -0.1) is 0 Å². The van der Waals surface area contributed by atoms with Crippen molar-refractivity contribution >= 4 is 23.0 Å². The molecule has 2 N–H and O–H groups in total. The maximum atomic E-state index is 12.8. The largest absolute Gasteiger partial charge is 0.416 e. The van der Waals surface area contributed by atoms with Crippen LogP contribution in [-0.4, -0.2) is 50.6 Å². The Morgan fingerprint density at radius 3 is 2.41 bits per heavy atom.